The number of hydrogen-bond acceptors (Lipinski definition) is 3. The number of fused-ring (bicyclic) bond motifs is 1. The molecule has 0 radical (unpaired) electrons. The summed E-state index contributed by atoms with van der Waals surface area (Å²) in [6.45, 7) is 0. The quantitative estimate of drug-likeness (QED) is 0.673. The predicted octanol–water partition coefficient (Wildman–Crippen LogP) is 1.74. The van der Waals surface area contributed by atoms with Gasteiger partial charge in [-0.2, -0.15) is 0 Å². The van der Waals surface area contributed by atoms with Crippen LogP contribution in [0.3, 0.4) is 0 Å². The second kappa shape index (κ2) is 4.52. The first kappa shape index (κ1) is 10.9. The van der Waals surface area contributed by atoms with E-state index < -0.39 is 0 Å². The molecule has 2 fully saturated rings. The number of aliphatic hydroxyl groups excluding tert-OH is 1. The number of ether oxygens (including phenoxy) is 1. The van der Waals surface area contributed by atoms with Gasteiger partial charge in [0.05, 0.1) is 19.1 Å². The second-order valence-electron chi connectivity index (χ2n) is 5.02. The molecule has 3 nitrogen and oxygen atoms in total. The highest BCUT2D eigenvalue weighted by Crippen LogP contribution is 2.42. The van der Waals surface area contributed by atoms with Crippen LogP contribution in [0.5, 0.6) is 0 Å². The van der Waals surface area contributed by atoms with Crippen molar-refractivity contribution < 1.29 is 14.6 Å². The summed E-state index contributed by atoms with van der Waals surface area (Å²) in [6, 6.07) is 0. The molecule has 0 spiro atoms. The number of hydrogen-bond donors (Lipinski definition) is 1. The smallest absolute Gasteiger partial charge is 0.308 e. The fourth-order valence-corrected chi connectivity index (χ4v) is 3.25. The molecule has 4 atom stereocenters. The van der Waals surface area contributed by atoms with Gasteiger partial charge in [-0.3, -0.25) is 4.79 Å². The van der Waals surface area contributed by atoms with Crippen LogP contribution in [0.4, 0.5) is 0 Å². The summed E-state index contributed by atoms with van der Waals surface area (Å²) >= 11 is 0. The second-order valence-corrected chi connectivity index (χ2v) is 5.02. The van der Waals surface area contributed by atoms with Crippen LogP contribution < -0.4 is 0 Å². The van der Waals surface area contributed by atoms with E-state index in [0.29, 0.717) is 11.8 Å². The third-order valence-corrected chi connectivity index (χ3v) is 4.12. The van der Waals surface area contributed by atoms with Crippen molar-refractivity contribution in [3.05, 3.63) is 0 Å². The maximum atomic E-state index is 11.4. The lowest BCUT2D eigenvalue weighted by molar-refractivity contribution is -0.148. The Hall–Kier alpha value is -0.570. The third kappa shape index (κ3) is 2.33. The zero-order chi connectivity index (χ0) is 10.8. The molecule has 0 amide bonds. The van der Waals surface area contributed by atoms with E-state index in [1.807, 2.05) is 0 Å². The molecule has 0 aromatic carbocycles. The molecule has 0 aliphatic heterocycles. The Labute approximate surface area is 90.8 Å². The molecule has 3 heteroatoms. The SMILES string of the molecule is COC(=O)[C@H]1CCC2C[C@@H](O)CCC2C1. The molecule has 15 heavy (non-hydrogen) atoms. The lowest BCUT2D eigenvalue weighted by Gasteiger charge is -2.40. The zero-order valence-electron chi connectivity index (χ0n) is 9.32. The van der Waals surface area contributed by atoms with Crippen LogP contribution in [-0.4, -0.2) is 24.3 Å². The van der Waals surface area contributed by atoms with Gasteiger partial charge in [0.15, 0.2) is 0 Å². The summed E-state index contributed by atoms with van der Waals surface area (Å²) in [6.07, 6.45) is 5.85. The molecule has 2 aliphatic rings. The number of esters is 1. The Morgan fingerprint density at radius 1 is 1.13 bits per heavy atom. The Morgan fingerprint density at radius 3 is 2.53 bits per heavy atom. The van der Waals surface area contributed by atoms with Gasteiger partial charge in [0, 0.05) is 0 Å². The zero-order valence-corrected chi connectivity index (χ0v) is 9.32. The van der Waals surface area contributed by atoms with Gasteiger partial charge in [0.1, 0.15) is 0 Å². The highest BCUT2D eigenvalue weighted by atomic mass is 16.5. The molecular formula is C12H20O3. The van der Waals surface area contributed by atoms with Crippen LogP contribution in [0.2, 0.25) is 0 Å². The molecule has 0 aromatic heterocycles. The molecule has 2 rings (SSSR count). The first-order valence-corrected chi connectivity index (χ1v) is 5.96. The van der Waals surface area contributed by atoms with Gasteiger partial charge in [0.25, 0.3) is 0 Å². The van der Waals surface area contributed by atoms with E-state index in [9.17, 15) is 9.90 Å². The van der Waals surface area contributed by atoms with E-state index in [1.165, 1.54) is 7.11 Å². The normalized spacial score (nSPS) is 40.7. The van der Waals surface area contributed by atoms with Crippen molar-refractivity contribution in [1.29, 1.82) is 0 Å². The summed E-state index contributed by atoms with van der Waals surface area (Å²) < 4.78 is 4.80. The topological polar surface area (TPSA) is 46.5 Å². The molecule has 0 heterocycles. The summed E-state index contributed by atoms with van der Waals surface area (Å²) in [5, 5.41) is 9.58. The molecule has 2 unspecified atom stereocenters. The summed E-state index contributed by atoms with van der Waals surface area (Å²) in [4.78, 5) is 11.4. The number of carbonyl (C=O) groups excluding carboxylic acids is 1. The average molecular weight is 212 g/mol. The number of rotatable bonds is 1. The van der Waals surface area contributed by atoms with E-state index in [2.05, 4.69) is 0 Å². The van der Waals surface area contributed by atoms with Crippen molar-refractivity contribution in [2.24, 2.45) is 17.8 Å². The van der Waals surface area contributed by atoms with Crippen molar-refractivity contribution in [1.82, 2.24) is 0 Å². The molecule has 0 saturated heterocycles. The van der Waals surface area contributed by atoms with Gasteiger partial charge in [-0.25, -0.2) is 0 Å². The third-order valence-electron chi connectivity index (χ3n) is 4.12. The Balaban J connectivity index is 1.92. The maximum Gasteiger partial charge on any atom is 0.308 e. The number of aliphatic hydroxyl groups is 1. The van der Waals surface area contributed by atoms with Crippen molar-refractivity contribution in [3.8, 4) is 0 Å². The van der Waals surface area contributed by atoms with E-state index in [4.69, 9.17) is 4.74 Å². The number of carbonyl (C=O) groups is 1. The van der Waals surface area contributed by atoms with E-state index >= 15 is 0 Å². The largest absolute Gasteiger partial charge is 0.469 e. The Morgan fingerprint density at radius 2 is 1.80 bits per heavy atom. The molecule has 1 N–H and O–H groups in total. The van der Waals surface area contributed by atoms with Gasteiger partial charge in [-0.1, -0.05) is 0 Å². The molecule has 2 saturated carbocycles. The highest BCUT2D eigenvalue weighted by Gasteiger charge is 2.37. The monoisotopic (exact) mass is 212 g/mol. The lowest BCUT2D eigenvalue weighted by atomic mass is 9.67. The highest BCUT2D eigenvalue weighted by molar-refractivity contribution is 5.72. The van der Waals surface area contributed by atoms with E-state index in [1.54, 1.807) is 0 Å². The van der Waals surface area contributed by atoms with Crippen molar-refractivity contribution in [3.63, 3.8) is 0 Å². The van der Waals surface area contributed by atoms with Gasteiger partial charge in [-0.15, -0.1) is 0 Å². The lowest BCUT2D eigenvalue weighted by Crippen LogP contribution is -2.35. The van der Waals surface area contributed by atoms with Crippen LogP contribution in [0.25, 0.3) is 0 Å². The van der Waals surface area contributed by atoms with Crippen molar-refractivity contribution >= 4 is 5.97 Å². The average Bonchev–Trinajstić information content (AvgIpc) is 2.27. The van der Waals surface area contributed by atoms with Crippen molar-refractivity contribution in [2.75, 3.05) is 7.11 Å². The van der Waals surface area contributed by atoms with E-state index in [0.717, 1.165) is 38.5 Å². The fraction of sp³-hybridized carbons (Fsp3) is 0.917. The Bertz CT molecular complexity index is 239. The van der Waals surface area contributed by atoms with Gasteiger partial charge < -0.3 is 9.84 Å². The van der Waals surface area contributed by atoms with Crippen LogP contribution in [0.15, 0.2) is 0 Å². The number of methoxy groups -OCH3 is 1. The first-order chi connectivity index (χ1) is 7.20. The van der Waals surface area contributed by atoms with Gasteiger partial charge >= 0.3 is 5.97 Å². The van der Waals surface area contributed by atoms with Crippen LogP contribution in [-0.2, 0) is 9.53 Å². The van der Waals surface area contributed by atoms with Crippen LogP contribution in [0, 0.1) is 17.8 Å². The molecule has 86 valence electrons. The molecule has 2 aliphatic carbocycles. The van der Waals surface area contributed by atoms with Gasteiger partial charge in [-0.05, 0) is 50.4 Å². The Kier molecular flexibility index (Phi) is 3.29. The van der Waals surface area contributed by atoms with E-state index in [-0.39, 0.29) is 18.0 Å². The minimum absolute atomic E-state index is 0.0421. The maximum absolute atomic E-state index is 11.4. The van der Waals surface area contributed by atoms with Gasteiger partial charge in [0.2, 0.25) is 0 Å². The van der Waals surface area contributed by atoms with Crippen LogP contribution >= 0.6 is 0 Å². The minimum Gasteiger partial charge on any atom is -0.469 e. The van der Waals surface area contributed by atoms with Crippen molar-refractivity contribution in [2.45, 2.75) is 44.6 Å². The summed E-state index contributed by atoms with van der Waals surface area (Å²) in [5.74, 6) is 1.37. The predicted molar refractivity (Wildman–Crippen MR) is 56.2 cm³/mol. The molecule has 0 aromatic rings. The molecule has 0 bridgehead atoms. The fourth-order valence-electron chi connectivity index (χ4n) is 3.25. The summed E-state index contributed by atoms with van der Waals surface area (Å²) in [7, 11) is 1.47. The minimum atomic E-state index is -0.0964. The standard InChI is InChI=1S/C12H20O3/c1-15-12(14)10-3-2-9-7-11(13)5-4-8(9)6-10/h8-11,13H,2-7H2,1H3/t8?,9?,10-,11-/m0/s1. The first-order valence-electron chi connectivity index (χ1n) is 5.96. The summed E-state index contributed by atoms with van der Waals surface area (Å²) in [5.41, 5.74) is 0. The van der Waals surface area contributed by atoms with Crippen LogP contribution in [0.1, 0.15) is 38.5 Å². The molecular weight excluding hydrogens is 192 g/mol.